The third kappa shape index (κ3) is 3.16. The molecule has 0 bridgehead atoms. The number of benzene rings is 2. The molecule has 0 fully saturated rings. The highest BCUT2D eigenvalue weighted by atomic mass is 14.7. The molecule has 1 aromatic heterocycles. The maximum atomic E-state index is 4.75. The number of nitrogens with zero attached hydrogens (tertiary/aromatic N) is 1. The summed E-state index contributed by atoms with van der Waals surface area (Å²) in [5, 5.41) is 0. The van der Waals surface area contributed by atoms with Gasteiger partial charge in [0.25, 0.3) is 0 Å². The topological polar surface area (TPSA) is 12.9 Å². The fourth-order valence-electron chi connectivity index (χ4n) is 5.24. The maximum Gasteiger partial charge on any atom is 0.0705 e. The zero-order chi connectivity index (χ0) is 22.8. The first-order valence-electron chi connectivity index (χ1n) is 11.5. The minimum absolute atomic E-state index is 0.00404. The van der Waals surface area contributed by atoms with E-state index < -0.39 is 0 Å². The van der Waals surface area contributed by atoms with Crippen molar-refractivity contribution in [3.05, 3.63) is 77.5 Å². The van der Waals surface area contributed by atoms with E-state index in [2.05, 4.69) is 117 Å². The van der Waals surface area contributed by atoms with Crippen molar-refractivity contribution in [3.63, 3.8) is 0 Å². The second-order valence-electron chi connectivity index (χ2n) is 11.9. The molecule has 1 heterocycles. The predicted molar refractivity (Wildman–Crippen MR) is 134 cm³/mol. The SMILES string of the molecule is CC(C)(C)c1ccnc(-c2ccc3c(c2)-c2ccccc2C(C)(C)C(C)(C)C3(C)C)c1. The predicted octanol–water partition coefficient (Wildman–Crippen LogP) is 8.31. The van der Waals surface area contributed by atoms with Crippen molar-refractivity contribution in [1.82, 2.24) is 4.98 Å². The minimum Gasteiger partial charge on any atom is -0.256 e. The Balaban J connectivity index is 2.01. The molecular formula is C30H37N. The third-order valence-electron chi connectivity index (χ3n) is 8.63. The second kappa shape index (κ2) is 6.79. The van der Waals surface area contributed by atoms with Gasteiger partial charge in [0.05, 0.1) is 5.69 Å². The number of hydrogen-bond donors (Lipinski definition) is 0. The Labute approximate surface area is 189 Å². The lowest BCUT2D eigenvalue weighted by molar-refractivity contribution is 0.0948. The Morgan fingerprint density at radius 3 is 1.94 bits per heavy atom. The molecule has 0 radical (unpaired) electrons. The summed E-state index contributed by atoms with van der Waals surface area (Å²) in [6.07, 6.45) is 1.95. The smallest absolute Gasteiger partial charge is 0.0705 e. The Morgan fingerprint density at radius 1 is 0.677 bits per heavy atom. The molecular weight excluding hydrogens is 374 g/mol. The number of fused-ring (bicyclic) bond motifs is 3. The van der Waals surface area contributed by atoms with Crippen molar-refractivity contribution in [2.75, 3.05) is 0 Å². The van der Waals surface area contributed by atoms with Crippen LogP contribution < -0.4 is 0 Å². The van der Waals surface area contributed by atoms with E-state index in [9.17, 15) is 0 Å². The normalized spacial score (nSPS) is 18.6. The van der Waals surface area contributed by atoms with E-state index in [4.69, 9.17) is 4.98 Å². The fourth-order valence-corrected chi connectivity index (χ4v) is 5.24. The molecule has 0 aliphatic heterocycles. The van der Waals surface area contributed by atoms with Crippen LogP contribution in [0.3, 0.4) is 0 Å². The van der Waals surface area contributed by atoms with E-state index in [1.165, 1.54) is 33.4 Å². The Hall–Kier alpha value is -2.41. The van der Waals surface area contributed by atoms with Gasteiger partial charge in [0.1, 0.15) is 0 Å². The zero-order valence-corrected chi connectivity index (χ0v) is 20.7. The van der Waals surface area contributed by atoms with Gasteiger partial charge in [-0.1, -0.05) is 98.7 Å². The highest BCUT2D eigenvalue weighted by molar-refractivity contribution is 5.79. The van der Waals surface area contributed by atoms with Gasteiger partial charge in [0.2, 0.25) is 0 Å². The Bertz CT molecular complexity index is 1140. The van der Waals surface area contributed by atoms with Gasteiger partial charge in [-0.2, -0.15) is 0 Å². The third-order valence-corrected chi connectivity index (χ3v) is 8.63. The average Bonchev–Trinajstić information content (AvgIpc) is 2.75. The van der Waals surface area contributed by atoms with Crippen LogP contribution >= 0.6 is 0 Å². The molecule has 0 saturated heterocycles. The van der Waals surface area contributed by atoms with Crippen LogP contribution in [0.4, 0.5) is 0 Å². The van der Waals surface area contributed by atoms with Gasteiger partial charge < -0.3 is 0 Å². The highest BCUT2D eigenvalue weighted by Gasteiger charge is 2.52. The van der Waals surface area contributed by atoms with Crippen molar-refractivity contribution < 1.29 is 0 Å². The van der Waals surface area contributed by atoms with Crippen LogP contribution in [-0.2, 0) is 16.2 Å². The van der Waals surface area contributed by atoms with E-state index in [1.54, 1.807) is 0 Å². The van der Waals surface area contributed by atoms with Crippen molar-refractivity contribution in [3.8, 4) is 22.4 Å². The van der Waals surface area contributed by atoms with Gasteiger partial charge in [-0.3, -0.25) is 4.98 Å². The summed E-state index contributed by atoms with van der Waals surface area (Å²) in [4.78, 5) is 4.75. The molecule has 0 saturated carbocycles. The number of pyridine rings is 1. The second-order valence-corrected chi connectivity index (χ2v) is 11.9. The number of hydrogen-bond acceptors (Lipinski definition) is 1. The summed E-state index contributed by atoms with van der Waals surface area (Å²) in [6, 6.07) is 20.4. The summed E-state index contributed by atoms with van der Waals surface area (Å²) in [7, 11) is 0. The molecule has 162 valence electrons. The molecule has 1 nitrogen and oxygen atoms in total. The van der Waals surface area contributed by atoms with E-state index in [-0.39, 0.29) is 21.7 Å². The standard InChI is InChI=1S/C30H37N/c1-27(2,3)21-16-17-31-26(19-21)20-14-15-25-23(18-20)22-12-10-11-13-24(22)28(4,5)30(8,9)29(25,6)7/h10-19H,1-9H3. The van der Waals surface area contributed by atoms with Crippen molar-refractivity contribution >= 4 is 0 Å². The maximum absolute atomic E-state index is 4.75. The van der Waals surface area contributed by atoms with Gasteiger partial charge in [-0.25, -0.2) is 0 Å². The first-order valence-corrected chi connectivity index (χ1v) is 11.5. The Kier molecular flexibility index (Phi) is 4.78. The van der Waals surface area contributed by atoms with E-state index in [0.717, 1.165) is 5.69 Å². The molecule has 1 aliphatic carbocycles. The van der Waals surface area contributed by atoms with Gasteiger partial charge in [0, 0.05) is 11.8 Å². The highest BCUT2D eigenvalue weighted by Crippen LogP contribution is 2.59. The first kappa shape index (κ1) is 21.8. The minimum atomic E-state index is 0.00404. The average molecular weight is 412 g/mol. The summed E-state index contributed by atoms with van der Waals surface area (Å²) >= 11 is 0. The largest absolute Gasteiger partial charge is 0.256 e. The zero-order valence-electron chi connectivity index (χ0n) is 20.7. The van der Waals surface area contributed by atoms with Gasteiger partial charge in [-0.15, -0.1) is 0 Å². The molecule has 0 atom stereocenters. The molecule has 0 spiro atoms. The molecule has 1 heteroatoms. The van der Waals surface area contributed by atoms with Crippen LogP contribution in [0.25, 0.3) is 22.4 Å². The number of aromatic nitrogens is 1. The monoisotopic (exact) mass is 411 g/mol. The van der Waals surface area contributed by atoms with Gasteiger partial charge in [-0.05, 0) is 67.7 Å². The van der Waals surface area contributed by atoms with Gasteiger partial charge >= 0.3 is 0 Å². The van der Waals surface area contributed by atoms with Crippen LogP contribution in [0.1, 0.15) is 79.0 Å². The van der Waals surface area contributed by atoms with Crippen molar-refractivity contribution in [1.29, 1.82) is 0 Å². The van der Waals surface area contributed by atoms with Crippen LogP contribution in [0.15, 0.2) is 60.8 Å². The fraction of sp³-hybridized carbons (Fsp3) is 0.433. The van der Waals surface area contributed by atoms with Crippen LogP contribution in [0, 0.1) is 5.41 Å². The van der Waals surface area contributed by atoms with Crippen LogP contribution in [0.2, 0.25) is 0 Å². The molecule has 0 amide bonds. The molecule has 0 unspecified atom stereocenters. The van der Waals surface area contributed by atoms with E-state index in [1.807, 2.05) is 6.20 Å². The molecule has 3 aromatic rings. The quantitative estimate of drug-likeness (QED) is 0.392. The van der Waals surface area contributed by atoms with Gasteiger partial charge in [0.15, 0.2) is 0 Å². The first-order chi connectivity index (χ1) is 14.3. The van der Waals surface area contributed by atoms with Crippen LogP contribution in [-0.4, -0.2) is 4.98 Å². The Morgan fingerprint density at radius 2 is 1.29 bits per heavy atom. The molecule has 2 aromatic carbocycles. The lowest BCUT2D eigenvalue weighted by Gasteiger charge is -2.51. The van der Waals surface area contributed by atoms with Crippen molar-refractivity contribution in [2.24, 2.45) is 5.41 Å². The lowest BCUT2D eigenvalue weighted by atomic mass is 9.52. The summed E-state index contributed by atoms with van der Waals surface area (Å²) in [5.74, 6) is 0. The lowest BCUT2D eigenvalue weighted by Crippen LogP contribution is -2.48. The van der Waals surface area contributed by atoms with Crippen LogP contribution in [0.5, 0.6) is 0 Å². The van der Waals surface area contributed by atoms with E-state index >= 15 is 0 Å². The number of rotatable bonds is 1. The summed E-state index contributed by atoms with van der Waals surface area (Å²) in [6.45, 7) is 21.3. The summed E-state index contributed by atoms with van der Waals surface area (Å²) in [5.41, 5.74) is 9.30. The molecule has 1 aliphatic rings. The molecule has 0 N–H and O–H groups in total. The van der Waals surface area contributed by atoms with E-state index in [0.29, 0.717) is 0 Å². The van der Waals surface area contributed by atoms with Crippen molar-refractivity contribution in [2.45, 2.75) is 78.6 Å². The molecule has 4 rings (SSSR count). The molecule has 31 heavy (non-hydrogen) atoms. The summed E-state index contributed by atoms with van der Waals surface area (Å²) < 4.78 is 0.